The largest absolute Gasteiger partial charge is 0.480 e. The molecule has 0 bridgehead atoms. The normalized spacial score (nSPS) is 11.2. The van der Waals surface area contributed by atoms with Gasteiger partial charge in [-0.15, -0.1) is 11.8 Å². The predicted molar refractivity (Wildman–Crippen MR) is 50.4 cm³/mol. The molecule has 1 amide bonds. The van der Waals surface area contributed by atoms with Crippen molar-refractivity contribution in [2.75, 3.05) is 11.6 Å². The minimum absolute atomic E-state index is 0. The smallest absolute Gasteiger partial charge is 0.321 e. The molecule has 0 rings (SSSR count). The van der Waals surface area contributed by atoms with Crippen molar-refractivity contribution in [3.8, 4) is 0 Å². The number of carboxylic acids is 1. The number of carbonyl (C=O) groups is 2. The summed E-state index contributed by atoms with van der Waals surface area (Å²) in [4.78, 5) is 20.6. The van der Waals surface area contributed by atoms with Crippen molar-refractivity contribution in [2.45, 2.75) is 13.0 Å². The van der Waals surface area contributed by atoms with Crippen molar-refractivity contribution in [3.05, 3.63) is 0 Å². The Morgan fingerprint density at radius 3 is 2.54 bits per heavy atom. The molecular weight excluding hydrogens is 196 g/mol. The molecule has 0 aromatic heterocycles. The van der Waals surface area contributed by atoms with Gasteiger partial charge in [-0.1, -0.05) is 0 Å². The summed E-state index contributed by atoms with van der Waals surface area (Å²) in [7, 11) is 0. The third-order valence-corrected chi connectivity index (χ3v) is 1.98. The molecule has 7 heteroatoms. The van der Waals surface area contributed by atoms with E-state index in [1.54, 1.807) is 0 Å². The summed E-state index contributed by atoms with van der Waals surface area (Å²) >= 11 is 1.28. The molecule has 0 aromatic carbocycles. The van der Waals surface area contributed by atoms with Gasteiger partial charge in [0.2, 0.25) is 5.91 Å². The number of aliphatic carboxylic acids is 1. The van der Waals surface area contributed by atoms with E-state index in [4.69, 9.17) is 10.8 Å². The minimum atomic E-state index is -1.02. The lowest BCUT2D eigenvalue weighted by molar-refractivity contribution is -0.137. The number of nitrogens with two attached hydrogens (primary N) is 1. The molecule has 1 atom stereocenters. The van der Waals surface area contributed by atoms with Crippen LogP contribution in [0.4, 0.5) is 0 Å². The zero-order valence-corrected chi connectivity index (χ0v) is 8.06. The fraction of sp³-hybridized carbons (Fsp3) is 0.667. The second-order valence-corrected chi connectivity index (χ2v) is 3.22. The van der Waals surface area contributed by atoms with Crippen molar-refractivity contribution in [3.63, 3.8) is 0 Å². The van der Waals surface area contributed by atoms with Crippen molar-refractivity contribution < 1.29 is 20.2 Å². The van der Waals surface area contributed by atoms with Gasteiger partial charge in [0, 0.05) is 12.7 Å². The van der Waals surface area contributed by atoms with E-state index in [1.165, 1.54) is 18.7 Å². The maximum atomic E-state index is 10.4. The third kappa shape index (κ3) is 9.12. The van der Waals surface area contributed by atoms with Crippen LogP contribution >= 0.6 is 11.8 Å². The molecule has 0 unspecified atom stereocenters. The van der Waals surface area contributed by atoms with E-state index in [0.29, 0.717) is 11.6 Å². The number of hydrogen-bond acceptors (Lipinski definition) is 4. The van der Waals surface area contributed by atoms with E-state index in [1.807, 2.05) is 0 Å². The van der Waals surface area contributed by atoms with Crippen LogP contribution in [0.15, 0.2) is 0 Å². The number of carboxylic acid groups (broad SMARTS) is 1. The molecule has 0 radical (unpaired) electrons. The van der Waals surface area contributed by atoms with Gasteiger partial charge in [0.05, 0.1) is 5.88 Å². The molecule has 0 saturated heterocycles. The van der Waals surface area contributed by atoms with Gasteiger partial charge in [-0.25, -0.2) is 0 Å². The van der Waals surface area contributed by atoms with Gasteiger partial charge in [0.15, 0.2) is 0 Å². The van der Waals surface area contributed by atoms with Crippen LogP contribution in [0.25, 0.3) is 0 Å². The zero-order chi connectivity index (χ0) is 9.56. The number of carbonyl (C=O) groups excluding carboxylic acids is 1. The molecule has 0 aromatic rings. The molecule has 13 heavy (non-hydrogen) atoms. The Labute approximate surface area is 80.2 Å². The van der Waals surface area contributed by atoms with Gasteiger partial charge in [-0.2, -0.15) is 0 Å². The zero-order valence-electron chi connectivity index (χ0n) is 7.24. The molecule has 0 aliphatic heterocycles. The van der Waals surface area contributed by atoms with Crippen molar-refractivity contribution in [2.24, 2.45) is 5.73 Å². The summed E-state index contributed by atoms with van der Waals surface area (Å²) in [5.41, 5.74) is 5.20. The average molecular weight is 210 g/mol. The molecule has 78 valence electrons. The molecule has 0 aliphatic carbocycles. The number of nitrogens with one attached hydrogen (secondary N) is 1. The lowest BCUT2D eigenvalue weighted by Gasteiger charge is -2.05. The highest BCUT2D eigenvalue weighted by atomic mass is 32.2. The van der Waals surface area contributed by atoms with Crippen molar-refractivity contribution >= 4 is 23.6 Å². The monoisotopic (exact) mass is 210 g/mol. The second kappa shape index (κ2) is 7.84. The van der Waals surface area contributed by atoms with E-state index in [-0.39, 0.29) is 11.4 Å². The Hall–Kier alpha value is -0.790. The van der Waals surface area contributed by atoms with Gasteiger partial charge in [-0.05, 0) is 0 Å². The Morgan fingerprint density at radius 2 is 2.15 bits per heavy atom. The topological polar surface area (TPSA) is 124 Å². The highest BCUT2D eigenvalue weighted by Gasteiger charge is 2.10. The summed E-state index contributed by atoms with van der Waals surface area (Å²) in [6.07, 6.45) is 0. The lowest BCUT2D eigenvalue weighted by atomic mass is 10.4. The summed E-state index contributed by atoms with van der Waals surface area (Å²) in [6, 6.07) is -0.858. The molecular formula is C6H14N2O4S. The summed E-state index contributed by atoms with van der Waals surface area (Å²) < 4.78 is 0. The second-order valence-electron chi connectivity index (χ2n) is 2.19. The fourth-order valence-electron chi connectivity index (χ4n) is 0.410. The molecule has 0 saturated carbocycles. The quantitative estimate of drug-likeness (QED) is 0.372. The van der Waals surface area contributed by atoms with Crippen LogP contribution in [0.5, 0.6) is 0 Å². The van der Waals surface area contributed by atoms with E-state index in [2.05, 4.69) is 5.32 Å². The first-order chi connectivity index (χ1) is 5.54. The highest BCUT2D eigenvalue weighted by Crippen LogP contribution is 1.98. The van der Waals surface area contributed by atoms with Crippen LogP contribution in [-0.2, 0) is 9.59 Å². The Kier molecular flexibility index (Phi) is 8.87. The van der Waals surface area contributed by atoms with Crippen LogP contribution < -0.4 is 11.1 Å². The molecule has 0 heterocycles. The SMILES string of the molecule is CC(=O)NCSC[C@H](N)C(=O)O.O. The summed E-state index contributed by atoms with van der Waals surface area (Å²) in [6.45, 7) is 1.40. The van der Waals surface area contributed by atoms with Crippen molar-refractivity contribution in [1.82, 2.24) is 5.32 Å². The third-order valence-electron chi connectivity index (χ3n) is 1.04. The predicted octanol–water partition coefficient (Wildman–Crippen LogP) is -1.60. The van der Waals surface area contributed by atoms with Crippen molar-refractivity contribution in [1.29, 1.82) is 0 Å². The molecule has 0 aliphatic rings. The number of hydrogen-bond donors (Lipinski definition) is 3. The summed E-state index contributed by atoms with van der Waals surface area (Å²) in [5, 5.41) is 10.9. The van der Waals surface area contributed by atoms with E-state index in [0.717, 1.165) is 0 Å². The van der Waals surface area contributed by atoms with Gasteiger partial charge in [-0.3, -0.25) is 9.59 Å². The molecule has 0 fully saturated rings. The average Bonchev–Trinajstić information content (AvgIpc) is 1.97. The van der Waals surface area contributed by atoms with Gasteiger partial charge in [0.1, 0.15) is 6.04 Å². The maximum Gasteiger partial charge on any atom is 0.321 e. The first-order valence-corrected chi connectivity index (χ1v) is 4.50. The first kappa shape index (κ1) is 14.7. The molecule has 6 N–H and O–H groups in total. The van der Waals surface area contributed by atoms with Crippen LogP contribution in [0.1, 0.15) is 6.92 Å². The molecule has 0 spiro atoms. The lowest BCUT2D eigenvalue weighted by Crippen LogP contribution is -2.33. The fourth-order valence-corrected chi connectivity index (χ4v) is 1.23. The van der Waals surface area contributed by atoms with Crippen LogP contribution in [0, 0.1) is 0 Å². The number of thioether (sulfide) groups is 1. The van der Waals surface area contributed by atoms with Gasteiger partial charge < -0.3 is 21.6 Å². The van der Waals surface area contributed by atoms with Crippen LogP contribution in [-0.4, -0.2) is 40.1 Å². The van der Waals surface area contributed by atoms with Gasteiger partial charge in [0.25, 0.3) is 0 Å². The summed E-state index contributed by atoms with van der Waals surface area (Å²) in [5.74, 6) is -0.455. The number of rotatable bonds is 5. The van der Waals surface area contributed by atoms with Crippen LogP contribution in [0.3, 0.4) is 0 Å². The van der Waals surface area contributed by atoms with E-state index < -0.39 is 12.0 Å². The number of amides is 1. The van der Waals surface area contributed by atoms with E-state index in [9.17, 15) is 9.59 Å². The minimum Gasteiger partial charge on any atom is -0.480 e. The van der Waals surface area contributed by atoms with Gasteiger partial charge >= 0.3 is 5.97 Å². The van der Waals surface area contributed by atoms with E-state index >= 15 is 0 Å². The first-order valence-electron chi connectivity index (χ1n) is 3.34. The Morgan fingerprint density at radius 1 is 1.62 bits per heavy atom. The Bertz CT molecular complexity index is 176. The molecule has 6 nitrogen and oxygen atoms in total. The standard InChI is InChI=1S/C6H12N2O3S.H2O/c1-4(9)8-3-12-2-5(7)6(10)11;/h5H,2-3,7H2,1H3,(H,8,9)(H,10,11);1H2/t5-;/m0./s1. The maximum absolute atomic E-state index is 10.4. The highest BCUT2D eigenvalue weighted by molar-refractivity contribution is 7.99. The van der Waals surface area contributed by atoms with Crippen LogP contribution in [0.2, 0.25) is 0 Å². The Balaban J connectivity index is 0.